The number of rotatable bonds is 6. The van der Waals surface area contributed by atoms with Crippen LogP contribution in [0.5, 0.6) is 0 Å². The molecule has 2 unspecified atom stereocenters. The van der Waals surface area contributed by atoms with Crippen LogP contribution in [0.2, 0.25) is 0 Å². The van der Waals surface area contributed by atoms with Crippen LogP contribution in [0.1, 0.15) is 37.1 Å². The number of nitrogens with zero attached hydrogens (tertiary/aromatic N) is 4. The fraction of sp³-hybridized carbons (Fsp3) is 0.308. The highest BCUT2D eigenvalue weighted by Crippen LogP contribution is 2.35. The minimum atomic E-state index is -0.549. The number of aliphatic hydroxyl groups is 2. The molecule has 5 rings (SSSR count). The van der Waals surface area contributed by atoms with Crippen molar-refractivity contribution >= 4 is 11.5 Å². The average molecular weight is 463 g/mol. The zero-order chi connectivity index (χ0) is 23.8. The standard InChI is InChI=1S/C26H27FN4O3/c1-16-25(20-7-5-18(6-8-20)17(2)33)26-28-23(30-13-3-4-24(30)34-15-32)14-22(31(26)29-16)19-9-11-21(27)12-10-19/h5-12,14,17,24,32-33H,3-4,13,15H2,1-2H3. The lowest BCUT2D eigenvalue weighted by atomic mass is 10.0. The number of anilines is 1. The molecule has 8 heteroatoms. The molecule has 2 aromatic carbocycles. The number of halogens is 1. The highest BCUT2D eigenvalue weighted by Gasteiger charge is 2.28. The third-order valence-corrected chi connectivity index (χ3v) is 6.33. The number of hydrogen-bond donors (Lipinski definition) is 2. The Morgan fingerprint density at radius 1 is 1.12 bits per heavy atom. The number of hydrogen-bond acceptors (Lipinski definition) is 6. The molecule has 2 atom stereocenters. The van der Waals surface area contributed by atoms with E-state index >= 15 is 0 Å². The van der Waals surface area contributed by atoms with Crippen molar-refractivity contribution in [3.63, 3.8) is 0 Å². The maximum Gasteiger partial charge on any atom is 0.166 e. The molecule has 4 aromatic rings. The van der Waals surface area contributed by atoms with Crippen molar-refractivity contribution in [2.45, 2.75) is 39.0 Å². The van der Waals surface area contributed by atoms with Gasteiger partial charge in [0.25, 0.3) is 0 Å². The molecule has 2 N–H and O–H groups in total. The second-order valence-electron chi connectivity index (χ2n) is 8.59. The van der Waals surface area contributed by atoms with Gasteiger partial charge in [0.05, 0.1) is 17.5 Å². The molecule has 0 bridgehead atoms. The maximum atomic E-state index is 13.7. The van der Waals surface area contributed by atoms with Gasteiger partial charge in [0.2, 0.25) is 0 Å². The number of benzene rings is 2. The van der Waals surface area contributed by atoms with E-state index in [9.17, 15) is 14.6 Å². The Balaban J connectivity index is 1.72. The Morgan fingerprint density at radius 2 is 1.82 bits per heavy atom. The van der Waals surface area contributed by atoms with Gasteiger partial charge in [0, 0.05) is 23.7 Å². The molecule has 0 amide bonds. The molecule has 176 valence electrons. The van der Waals surface area contributed by atoms with Gasteiger partial charge in [-0.2, -0.15) is 5.10 Å². The monoisotopic (exact) mass is 462 g/mol. The molecule has 0 radical (unpaired) electrons. The lowest BCUT2D eigenvalue weighted by Crippen LogP contribution is -2.32. The highest BCUT2D eigenvalue weighted by molar-refractivity contribution is 5.83. The second-order valence-corrected chi connectivity index (χ2v) is 8.59. The van der Waals surface area contributed by atoms with E-state index in [4.69, 9.17) is 14.8 Å². The third-order valence-electron chi connectivity index (χ3n) is 6.33. The fourth-order valence-electron chi connectivity index (χ4n) is 4.61. The number of aromatic nitrogens is 3. The van der Waals surface area contributed by atoms with Crippen LogP contribution in [-0.2, 0) is 4.74 Å². The number of fused-ring (bicyclic) bond motifs is 1. The van der Waals surface area contributed by atoms with Crippen molar-refractivity contribution in [3.05, 3.63) is 71.7 Å². The van der Waals surface area contributed by atoms with Crippen molar-refractivity contribution in [3.8, 4) is 22.4 Å². The minimum absolute atomic E-state index is 0.265. The van der Waals surface area contributed by atoms with Crippen LogP contribution in [0.15, 0.2) is 54.6 Å². The summed E-state index contributed by atoms with van der Waals surface area (Å²) < 4.78 is 21.0. The van der Waals surface area contributed by atoms with Gasteiger partial charge in [-0.1, -0.05) is 24.3 Å². The first kappa shape index (κ1) is 22.5. The van der Waals surface area contributed by atoms with E-state index in [0.29, 0.717) is 11.5 Å². The van der Waals surface area contributed by atoms with Crippen LogP contribution in [0.3, 0.4) is 0 Å². The van der Waals surface area contributed by atoms with Gasteiger partial charge in [-0.15, -0.1) is 0 Å². The second kappa shape index (κ2) is 9.13. The Kier molecular flexibility index (Phi) is 6.03. The van der Waals surface area contributed by atoms with Crippen LogP contribution >= 0.6 is 0 Å². The molecule has 2 aromatic heterocycles. The quantitative estimate of drug-likeness (QED) is 0.412. The van der Waals surface area contributed by atoms with Crippen LogP contribution in [0.25, 0.3) is 28.0 Å². The van der Waals surface area contributed by atoms with Crippen LogP contribution in [0.4, 0.5) is 10.2 Å². The van der Waals surface area contributed by atoms with Gasteiger partial charge in [-0.05, 0) is 62.1 Å². The lowest BCUT2D eigenvalue weighted by Gasteiger charge is -2.25. The van der Waals surface area contributed by atoms with Crippen molar-refractivity contribution in [1.29, 1.82) is 0 Å². The summed E-state index contributed by atoms with van der Waals surface area (Å²) in [6.07, 6.45) is 0.909. The summed E-state index contributed by atoms with van der Waals surface area (Å²) in [6, 6.07) is 16.0. The van der Waals surface area contributed by atoms with E-state index in [0.717, 1.165) is 53.0 Å². The van der Waals surface area contributed by atoms with Gasteiger partial charge in [0.15, 0.2) is 5.65 Å². The van der Waals surface area contributed by atoms with Gasteiger partial charge < -0.3 is 19.8 Å². The smallest absolute Gasteiger partial charge is 0.166 e. The van der Waals surface area contributed by atoms with Crippen molar-refractivity contribution in [2.24, 2.45) is 0 Å². The summed E-state index contributed by atoms with van der Waals surface area (Å²) >= 11 is 0. The van der Waals surface area contributed by atoms with E-state index in [1.807, 2.05) is 42.2 Å². The Hall–Kier alpha value is -3.33. The van der Waals surface area contributed by atoms with Crippen LogP contribution < -0.4 is 4.90 Å². The molecule has 1 fully saturated rings. The summed E-state index contributed by atoms with van der Waals surface area (Å²) in [4.78, 5) is 7.04. The molecule has 34 heavy (non-hydrogen) atoms. The molecule has 1 aliphatic heterocycles. The largest absolute Gasteiger partial charge is 0.389 e. The van der Waals surface area contributed by atoms with E-state index in [-0.39, 0.29) is 18.8 Å². The summed E-state index contributed by atoms with van der Waals surface area (Å²) in [7, 11) is 0. The maximum absolute atomic E-state index is 13.7. The first-order chi connectivity index (χ1) is 16.5. The van der Waals surface area contributed by atoms with E-state index < -0.39 is 6.10 Å². The Labute approximate surface area is 197 Å². The van der Waals surface area contributed by atoms with Crippen molar-refractivity contribution in [2.75, 3.05) is 18.2 Å². The van der Waals surface area contributed by atoms with Crippen LogP contribution in [-0.4, -0.2) is 44.4 Å². The normalized spacial score (nSPS) is 17.0. The zero-order valence-corrected chi connectivity index (χ0v) is 19.1. The highest BCUT2D eigenvalue weighted by atomic mass is 19.1. The van der Waals surface area contributed by atoms with E-state index in [1.165, 1.54) is 12.1 Å². The number of ether oxygens (including phenoxy) is 1. The summed E-state index contributed by atoms with van der Waals surface area (Å²) in [6.45, 7) is 4.07. The Morgan fingerprint density at radius 3 is 2.50 bits per heavy atom. The topological polar surface area (TPSA) is 83.1 Å². The molecular weight excluding hydrogens is 435 g/mol. The molecule has 7 nitrogen and oxygen atoms in total. The first-order valence-electron chi connectivity index (χ1n) is 11.4. The number of aliphatic hydroxyl groups excluding tert-OH is 2. The summed E-state index contributed by atoms with van der Waals surface area (Å²) in [5.74, 6) is 0.408. The molecule has 0 aliphatic carbocycles. The van der Waals surface area contributed by atoms with Crippen LogP contribution in [0, 0.1) is 12.7 Å². The molecule has 1 aliphatic rings. The molecule has 0 saturated carbocycles. The van der Waals surface area contributed by atoms with Gasteiger partial charge >= 0.3 is 0 Å². The van der Waals surface area contributed by atoms with Gasteiger partial charge in [-0.25, -0.2) is 13.9 Å². The average Bonchev–Trinajstić information content (AvgIpc) is 3.43. The lowest BCUT2D eigenvalue weighted by molar-refractivity contribution is -0.0451. The first-order valence-corrected chi connectivity index (χ1v) is 11.4. The van der Waals surface area contributed by atoms with Crippen molar-refractivity contribution < 1.29 is 19.3 Å². The summed E-state index contributed by atoms with van der Waals surface area (Å²) in [5, 5.41) is 24.0. The molecule has 0 spiro atoms. The molecule has 1 saturated heterocycles. The van der Waals surface area contributed by atoms with Gasteiger partial charge in [0.1, 0.15) is 24.7 Å². The predicted octanol–water partition coefficient (Wildman–Crippen LogP) is 4.46. The Bertz CT molecular complexity index is 1300. The fourth-order valence-corrected chi connectivity index (χ4v) is 4.61. The summed E-state index contributed by atoms with van der Waals surface area (Å²) in [5.41, 5.74) is 5.74. The zero-order valence-electron chi connectivity index (χ0n) is 19.1. The number of aryl methyl sites for hydroxylation is 1. The van der Waals surface area contributed by atoms with Gasteiger partial charge in [-0.3, -0.25) is 0 Å². The SMILES string of the molecule is Cc1nn2c(-c3ccc(F)cc3)cc(N3CCCC3OCO)nc2c1-c1ccc(C(C)O)cc1. The molecular formula is C26H27FN4O3. The third kappa shape index (κ3) is 4.04. The van der Waals surface area contributed by atoms with Crippen molar-refractivity contribution in [1.82, 2.24) is 14.6 Å². The molecule has 3 heterocycles. The predicted molar refractivity (Wildman–Crippen MR) is 128 cm³/mol. The minimum Gasteiger partial charge on any atom is -0.389 e. The van der Waals surface area contributed by atoms with E-state index in [1.54, 1.807) is 23.6 Å². The van der Waals surface area contributed by atoms with E-state index in [2.05, 4.69) is 0 Å².